The first kappa shape index (κ1) is 15.7. The molecule has 2 rings (SSSR count). The van der Waals surface area contributed by atoms with E-state index in [9.17, 15) is 9.59 Å². The van der Waals surface area contributed by atoms with Gasteiger partial charge in [-0.2, -0.15) is 0 Å². The lowest BCUT2D eigenvalue weighted by atomic mass is 9.98. The summed E-state index contributed by atoms with van der Waals surface area (Å²) in [5.74, 6) is -0.0372. The second kappa shape index (κ2) is 6.83. The molecule has 21 heavy (non-hydrogen) atoms. The zero-order valence-electron chi connectivity index (χ0n) is 12.5. The number of nitrogens with two attached hydrogens (primary N) is 1. The van der Waals surface area contributed by atoms with Crippen LogP contribution in [0.2, 0.25) is 0 Å². The maximum absolute atomic E-state index is 12.6. The molecule has 2 N–H and O–H groups in total. The van der Waals surface area contributed by atoms with Crippen LogP contribution in [0.5, 0.6) is 0 Å². The minimum absolute atomic E-state index is 0.00341. The molecule has 2 atom stereocenters. The van der Waals surface area contributed by atoms with Gasteiger partial charge in [-0.3, -0.25) is 9.59 Å². The van der Waals surface area contributed by atoms with Crippen LogP contribution in [0.15, 0.2) is 24.3 Å². The van der Waals surface area contributed by atoms with E-state index in [0.29, 0.717) is 24.2 Å². The molecule has 1 fully saturated rings. The summed E-state index contributed by atoms with van der Waals surface area (Å²) in [6.45, 7) is 2.58. The number of piperidine rings is 1. The maximum Gasteiger partial charge on any atom is 0.254 e. The van der Waals surface area contributed by atoms with Gasteiger partial charge in [-0.05, 0) is 31.9 Å². The number of hydrogen-bond donors (Lipinski definition) is 1. The van der Waals surface area contributed by atoms with Crippen LogP contribution < -0.4 is 5.73 Å². The second-order valence-electron chi connectivity index (χ2n) is 5.40. The number of ether oxygens (including phenoxy) is 1. The Balaban J connectivity index is 2.13. The minimum atomic E-state index is -0.0323. The summed E-state index contributed by atoms with van der Waals surface area (Å²) in [5.41, 5.74) is 7.00. The van der Waals surface area contributed by atoms with Crippen molar-refractivity contribution in [3.63, 3.8) is 0 Å². The number of nitrogens with zero attached hydrogens (tertiary/aromatic N) is 1. The summed E-state index contributed by atoms with van der Waals surface area (Å²) >= 11 is 0. The highest BCUT2D eigenvalue weighted by molar-refractivity contribution is 5.97. The monoisotopic (exact) mass is 290 g/mol. The predicted molar refractivity (Wildman–Crippen MR) is 80.4 cm³/mol. The van der Waals surface area contributed by atoms with Gasteiger partial charge < -0.3 is 15.4 Å². The molecule has 1 aliphatic rings. The van der Waals surface area contributed by atoms with Crippen LogP contribution in [-0.2, 0) is 4.74 Å². The van der Waals surface area contributed by atoms with Gasteiger partial charge in [0.2, 0.25) is 0 Å². The van der Waals surface area contributed by atoms with Crippen LogP contribution in [0.1, 0.15) is 40.5 Å². The van der Waals surface area contributed by atoms with E-state index in [2.05, 4.69) is 0 Å². The number of amides is 1. The summed E-state index contributed by atoms with van der Waals surface area (Å²) in [6.07, 6.45) is 1.76. The second-order valence-corrected chi connectivity index (χ2v) is 5.40. The zero-order valence-corrected chi connectivity index (χ0v) is 12.5. The molecule has 0 saturated carbocycles. The van der Waals surface area contributed by atoms with E-state index >= 15 is 0 Å². The van der Waals surface area contributed by atoms with Crippen LogP contribution in [-0.4, -0.2) is 48.9 Å². The highest BCUT2D eigenvalue weighted by atomic mass is 16.5. The van der Waals surface area contributed by atoms with Crippen LogP contribution >= 0.6 is 0 Å². The van der Waals surface area contributed by atoms with E-state index in [-0.39, 0.29) is 23.8 Å². The Labute approximate surface area is 125 Å². The van der Waals surface area contributed by atoms with Gasteiger partial charge in [0.1, 0.15) is 0 Å². The number of Topliss-reactive ketones (excluding diaryl/α,β-unsaturated/α-hetero) is 1. The number of ketones is 1. The number of likely N-dealkylation sites (tertiary alicyclic amines) is 1. The van der Waals surface area contributed by atoms with Gasteiger partial charge >= 0.3 is 0 Å². The van der Waals surface area contributed by atoms with E-state index in [4.69, 9.17) is 10.5 Å². The Kier molecular flexibility index (Phi) is 5.09. The highest BCUT2D eigenvalue weighted by Crippen LogP contribution is 2.21. The third-order valence-electron chi connectivity index (χ3n) is 4.07. The summed E-state index contributed by atoms with van der Waals surface area (Å²) in [5, 5.41) is 0. The van der Waals surface area contributed by atoms with E-state index in [0.717, 1.165) is 12.8 Å². The number of carbonyl (C=O) groups excluding carboxylic acids is 2. The molecular weight excluding hydrogens is 268 g/mol. The van der Waals surface area contributed by atoms with Gasteiger partial charge in [-0.15, -0.1) is 0 Å². The molecule has 1 heterocycles. The van der Waals surface area contributed by atoms with Gasteiger partial charge in [0.15, 0.2) is 5.78 Å². The van der Waals surface area contributed by atoms with Crippen molar-refractivity contribution in [2.24, 2.45) is 5.73 Å². The average molecular weight is 290 g/mol. The van der Waals surface area contributed by atoms with E-state index < -0.39 is 0 Å². The topological polar surface area (TPSA) is 72.6 Å². The molecule has 1 aromatic rings. The largest absolute Gasteiger partial charge is 0.381 e. The molecule has 1 aromatic carbocycles. The molecule has 0 bridgehead atoms. The predicted octanol–water partition coefficient (Wildman–Crippen LogP) is 1.47. The van der Waals surface area contributed by atoms with Crippen molar-refractivity contribution in [2.45, 2.75) is 31.9 Å². The normalized spacial score (nSPS) is 22.1. The fourth-order valence-corrected chi connectivity index (χ4v) is 2.73. The van der Waals surface area contributed by atoms with Gasteiger partial charge in [0.25, 0.3) is 5.91 Å². The van der Waals surface area contributed by atoms with E-state index in [1.807, 2.05) is 4.90 Å². The van der Waals surface area contributed by atoms with Gasteiger partial charge in [-0.25, -0.2) is 0 Å². The third kappa shape index (κ3) is 3.49. The molecule has 1 saturated heterocycles. The zero-order chi connectivity index (χ0) is 15.4. The lowest BCUT2D eigenvalue weighted by Gasteiger charge is -2.38. The highest BCUT2D eigenvalue weighted by Gasteiger charge is 2.31. The quantitative estimate of drug-likeness (QED) is 0.852. The first-order chi connectivity index (χ1) is 10.1. The van der Waals surface area contributed by atoms with Crippen molar-refractivity contribution in [3.8, 4) is 0 Å². The molecule has 5 heteroatoms. The summed E-state index contributed by atoms with van der Waals surface area (Å²) in [4.78, 5) is 25.7. The van der Waals surface area contributed by atoms with Crippen LogP contribution in [0.4, 0.5) is 0 Å². The number of carbonyl (C=O) groups is 2. The third-order valence-corrected chi connectivity index (χ3v) is 4.07. The Bertz CT molecular complexity index is 513. The Hall–Kier alpha value is -1.72. The minimum Gasteiger partial charge on any atom is -0.381 e. The first-order valence-corrected chi connectivity index (χ1v) is 7.21. The van der Waals surface area contributed by atoms with Crippen molar-refractivity contribution in [1.29, 1.82) is 0 Å². The SMILES string of the molecule is CO[C@@H]1CCN(C(=O)c2ccc(C(C)=O)cc2)[C@@H](CN)C1. The molecule has 0 aromatic heterocycles. The summed E-state index contributed by atoms with van der Waals surface area (Å²) in [7, 11) is 1.69. The standard InChI is InChI=1S/C16H22N2O3/c1-11(19)12-3-5-13(6-4-12)16(20)18-8-7-15(21-2)9-14(18)10-17/h3-6,14-15H,7-10,17H2,1-2H3/t14-,15-/m1/s1. The Morgan fingerprint density at radius 1 is 1.29 bits per heavy atom. The first-order valence-electron chi connectivity index (χ1n) is 7.21. The fraction of sp³-hybridized carbons (Fsp3) is 0.500. The van der Waals surface area contributed by atoms with Gasteiger partial charge in [0, 0.05) is 37.4 Å². The number of methoxy groups -OCH3 is 1. The van der Waals surface area contributed by atoms with Crippen molar-refractivity contribution in [3.05, 3.63) is 35.4 Å². The van der Waals surface area contributed by atoms with Crippen molar-refractivity contribution in [1.82, 2.24) is 4.90 Å². The molecule has 0 aliphatic carbocycles. The molecule has 0 spiro atoms. The van der Waals surface area contributed by atoms with Gasteiger partial charge in [0.05, 0.1) is 6.10 Å². The molecule has 5 nitrogen and oxygen atoms in total. The Morgan fingerprint density at radius 3 is 2.43 bits per heavy atom. The summed E-state index contributed by atoms with van der Waals surface area (Å²) in [6, 6.07) is 6.79. The molecule has 0 radical (unpaired) electrons. The van der Waals surface area contributed by atoms with Crippen molar-refractivity contribution >= 4 is 11.7 Å². The Morgan fingerprint density at radius 2 is 1.90 bits per heavy atom. The lowest BCUT2D eigenvalue weighted by molar-refractivity contribution is 0.0139. The summed E-state index contributed by atoms with van der Waals surface area (Å²) < 4.78 is 5.37. The van der Waals surface area contributed by atoms with Crippen molar-refractivity contribution in [2.75, 3.05) is 20.2 Å². The van der Waals surface area contributed by atoms with E-state index in [1.165, 1.54) is 6.92 Å². The molecule has 0 unspecified atom stereocenters. The van der Waals surface area contributed by atoms with Gasteiger partial charge in [-0.1, -0.05) is 12.1 Å². The number of benzene rings is 1. The fourth-order valence-electron chi connectivity index (χ4n) is 2.73. The van der Waals surface area contributed by atoms with E-state index in [1.54, 1.807) is 31.4 Å². The maximum atomic E-state index is 12.6. The smallest absolute Gasteiger partial charge is 0.254 e. The number of rotatable bonds is 4. The molecule has 114 valence electrons. The lowest BCUT2D eigenvalue weighted by Crippen LogP contribution is -2.51. The van der Waals surface area contributed by atoms with Crippen LogP contribution in [0, 0.1) is 0 Å². The average Bonchev–Trinajstić information content (AvgIpc) is 2.53. The van der Waals surface area contributed by atoms with Crippen LogP contribution in [0.3, 0.4) is 0 Å². The van der Waals surface area contributed by atoms with Crippen molar-refractivity contribution < 1.29 is 14.3 Å². The molecule has 1 amide bonds. The molecule has 1 aliphatic heterocycles. The number of hydrogen-bond acceptors (Lipinski definition) is 4. The molecular formula is C16H22N2O3. The van der Waals surface area contributed by atoms with Crippen LogP contribution in [0.25, 0.3) is 0 Å².